The van der Waals surface area contributed by atoms with Crippen LogP contribution in [0.2, 0.25) is 0 Å². The highest BCUT2D eigenvalue weighted by Crippen LogP contribution is 2.15. The van der Waals surface area contributed by atoms with E-state index >= 15 is 0 Å². The molecular weight excluding hydrogens is 318 g/mol. The van der Waals surface area contributed by atoms with E-state index in [0.717, 1.165) is 37.6 Å². The molecule has 0 radical (unpaired) electrons. The number of amides is 2. The zero-order chi connectivity index (χ0) is 17.8. The van der Waals surface area contributed by atoms with Crippen molar-refractivity contribution in [2.75, 3.05) is 51.2 Å². The van der Waals surface area contributed by atoms with Gasteiger partial charge in [-0.15, -0.1) is 0 Å². The van der Waals surface area contributed by atoms with Crippen LogP contribution in [0.1, 0.15) is 19.4 Å². The van der Waals surface area contributed by atoms with Crippen LogP contribution >= 0.6 is 0 Å². The molecule has 2 atom stereocenters. The number of hydrogen-bond acceptors (Lipinski definition) is 5. The van der Waals surface area contributed by atoms with Crippen LogP contribution in [-0.4, -0.2) is 79.3 Å². The van der Waals surface area contributed by atoms with Crippen molar-refractivity contribution in [3.8, 4) is 0 Å². The number of carbonyl (C=O) groups is 1. The van der Waals surface area contributed by atoms with Crippen molar-refractivity contribution < 1.29 is 9.53 Å². The van der Waals surface area contributed by atoms with Crippen molar-refractivity contribution in [3.63, 3.8) is 0 Å². The average Bonchev–Trinajstić information content (AvgIpc) is 2.60. The summed E-state index contributed by atoms with van der Waals surface area (Å²) in [6, 6.07) is 4.01. The number of carbonyl (C=O) groups excluding carboxylic acids is 1. The number of anilines is 1. The summed E-state index contributed by atoms with van der Waals surface area (Å²) in [5.74, 6) is 0.994. The number of ether oxygens (including phenoxy) is 1. The van der Waals surface area contributed by atoms with Crippen LogP contribution in [0.4, 0.5) is 10.6 Å². The molecule has 0 saturated carbocycles. The van der Waals surface area contributed by atoms with Gasteiger partial charge in [-0.25, -0.2) is 9.78 Å². The van der Waals surface area contributed by atoms with Crippen LogP contribution in [0.3, 0.4) is 0 Å². The second-order valence-corrected chi connectivity index (χ2v) is 7.13. The minimum absolute atomic E-state index is 0.0278. The van der Waals surface area contributed by atoms with Gasteiger partial charge in [0.25, 0.3) is 0 Å². The largest absolute Gasteiger partial charge is 0.372 e. The Labute approximate surface area is 149 Å². The number of urea groups is 1. The summed E-state index contributed by atoms with van der Waals surface area (Å²) in [7, 11) is 2.14. The summed E-state index contributed by atoms with van der Waals surface area (Å²) in [6.07, 6.45) is 1.99. The van der Waals surface area contributed by atoms with Crippen molar-refractivity contribution in [1.82, 2.24) is 20.1 Å². The lowest BCUT2D eigenvalue weighted by atomic mass is 10.2. The maximum Gasteiger partial charge on any atom is 0.317 e. The number of hydrogen-bond donors (Lipinski definition) is 1. The highest BCUT2D eigenvalue weighted by atomic mass is 16.5. The number of likely N-dealkylation sites (N-methyl/N-ethyl adjacent to an activating group) is 1. The van der Waals surface area contributed by atoms with Gasteiger partial charge < -0.3 is 24.8 Å². The molecule has 0 bridgehead atoms. The number of rotatable bonds is 3. The van der Waals surface area contributed by atoms with Gasteiger partial charge in [-0.2, -0.15) is 0 Å². The fourth-order valence-electron chi connectivity index (χ4n) is 3.41. The summed E-state index contributed by atoms with van der Waals surface area (Å²) < 4.78 is 5.68. The van der Waals surface area contributed by atoms with Gasteiger partial charge in [-0.1, -0.05) is 0 Å². The molecule has 2 fully saturated rings. The van der Waals surface area contributed by atoms with Crippen LogP contribution in [0.15, 0.2) is 18.3 Å². The van der Waals surface area contributed by atoms with Crippen LogP contribution in [0.5, 0.6) is 0 Å². The smallest absolute Gasteiger partial charge is 0.317 e. The molecule has 2 unspecified atom stereocenters. The summed E-state index contributed by atoms with van der Waals surface area (Å²) >= 11 is 0. The Morgan fingerprint density at radius 2 is 1.92 bits per heavy atom. The Kier molecular flexibility index (Phi) is 5.75. The Hall–Kier alpha value is -1.86. The fourth-order valence-corrected chi connectivity index (χ4v) is 3.41. The highest BCUT2D eigenvalue weighted by molar-refractivity contribution is 5.74. The number of morpholine rings is 1. The van der Waals surface area contributed by atoms with Crippen LogP contribution in [-0.2, 0) is 11.3 Å². The Morgan fingerprint density at radius 1 is 1.24 bits per heavy atom. The van der Waals surface area contributed by atoms with Gasteiger partial charge in [0.1, 0.15) is 5.82 Å². The first kappa shape index (κ1) is 17.9. The first-order valence-corrected chi connectivity index (χ1v) is 9.08. The molecule has 138 valence electrons. The normalized spacial score (nSPS) is 25.1. The average molecular weight is 347 g/mol. The van der Waals surface area contributed by atoms with Gasteiger partial charge in [-0.3, -0.25) is 0 Å². The maximum atomic E-state index is 12.4. The molecule has 2 amide bonds. The van der Waals surface area contributed by atoms with E-state index in [-0.39, 0.29) is 18.2 Å². The molecule has 1 aromatic heterocycles. The van der Waals surface area contributed by atoms with E-state index < -0.39 is 0 Å². The molecule has 0 spiro atoms. The number of piperazine rings is 1. The van der Waals surface area contributed by atoms with E-state index in [1.165, 1.54) is 0 Å². The molecule has 3 rings (SSSR count). The van der Waals surface area contributed by atoms with Gasteiger partial charge in [-0.05, 0) is 38.6 Å². The molecule has 2 aliphatic rings. The lowest BCUT2D eigenvalue weighted by molar-refractivity contribution is -0.0545. The van der Waals surface area contributed by atoms with Crippen LogP contribution in [0.25, 0.3) is 0 Å². The lowest BCUT2D eigenvalue weighted by Crippen LogP contribution is -2.51. The molecule has 2 saturated heterocycles. The van der Waals surface area contributed by atoms with E-state index in [2.05, 4.69) is 33.2 Å². The van der Waals surface area contributed by atoms with E-state index in [4.69, 9.17) is 4.74 Å². The number of pyridine rings is 1. The monoisotopic (exact) mass is 347 g/mol. The van der Waals surface area contributed by atoms with Gasteiger partial charge in [0.2, 0.25) is 0 Å². The third kappa shape index (κ3) is 4.83. The SMILES string of the molecule is CC1CN(C(=O)NCc2ccnc(N3CCN(C)CC3)c2)CC(C)O1. The third-order valence-corrected chi connectivity index (χ3v) is 4.79. The molecule has 0 aromatic carbocycles. The van der Waals surface area contributed by atoms with Crippen molar-refractivity contribution in [2.45, 2.75) is 32.6 Å². The summed E-state index contributed by atoms with van der Waals surface area (Å²) in [4.78, 5) is 23.4. The first-order chi connectivity index (χ1) is 12.0. The third-order valence-electron chi connectivity index (χ3n) is 4.79. The Balaban J connectivity index is 1.54. The van der Waals surface area contributed by atoms with E-state index in [1.807, 2.05) is 31.0 Å². The predicted octanol–water partition coefficient (Wildman–Crippen LogP) is 1.15. The lowest BCUT2D eigenvalue weighted by Gasteiger charge is -2.35. The zero-order valence-corrected chi connectivity index (χ0v) is 15.4. The molecule has 25 heavy (non-hydrogen) atoms. The molecule has 1 N–H and O–H groups in total. The maximum absolute atomic E-state index is 12.4. The molecule has 1 aromatic rings. The molecule has 3 heterocycles. The minimum Gasteiger partial charge on any atom is -0.372 e. The van der Waals surface area contributed by atoms with E-state index in [9.17, 15) is 4.79 Å². The fraction of sp³-hybridized carbons (Fsp3) is 0.667. The summed E-state index contributed by atoms with van der Waals surface area (Å²) in [5, 5.41) is 3.02. The van der Waals surface area contributed by atoms with Crippen molar-refractivity contribution in [1.29, 1.82) is 0 Å². The second-order valence-electron chi connectivity index (χ2n) is 7.13. The molecular formula is C18H29N5O2. The number of nitrogens with one attached hydrogen (secondary N) is 1. The van der Waals surface area contributed by atoms with E-state index in [1.54, 1.807) is 0 Å². The zero-order valence-electron chi connectivity index (χ0n) is 15.4. The Morgan fingerprint density at radius 3 is 2.60 bits per heavy atom. The highest BCUT2D eigenvalue weighted by Gasteiger charge is 2.25. The molecule has 2 aliphatic heterocycles. The number of nitrogens with zero attached hydrogens (tertiary/aromatic N) is 4. The van der Waals surface area contributed by atoms with Gasteiger partial charge in [0.15, 0.2) is 0 Å². The van der Waals surface area contributed by atoms with E-state index in [0.29, 0.717) is 19.6 Å². The second kappa shape index (κ2) is 8.01. The summed E-state index contributed by atoms with van der Waals surface area (Å²) in [6.45, 7) is 9.88. The minimum atomic E-state index is -0.0278. The number of aromatic nitrogens is 1. The predicted molar refractivity (Wildman–Crippen MR) is 97.8 cm³/mol. The van der Waals surface area contributed by atoms with Crippen molar-refractivity contribution in [3.05, 3.63) is 23.9 Å². The molecule has 7 heteroatoms. The van der Waals surface area contributed by atoms with Gasteiger partial charge in [0, 0.05) is 52.0 Å². The topological polar surface area (TPSA) is 60.9 Å². The first-order valence-electron chi connectivity index (χ1n) is 9.08. The molecule has 7 nitrogen and oxygen atoms in total. The van der Waals surface area contributed by atoms with Crippen LogP contribution < -0.4 is 10.2 Å². The van der Waals surface area contributed by atoms with Gasteiger partial charge in [0.05, 0.1) is 12.2 Å². The Bertz CT molecular complexity index is 579. The van der Waals surface area contributed by atoms with Crippen molar-refractivity contribution >= 4 is 11.8 Å². The van der Waals surface area contributed by atoms with Crippen LogP contribution in [0, 0.1) is 0 Å². The molecule has 0 aliphatic carbocycles. The van der Waals surface area contributed by atoms with Crippen molar-refractivity contribution in [2.24, 2.45) is 0 Å². The van der Waals surface area contributed by atoms with Gasteiger partial charge >= 0.3 is 6.03 Å². The quantitative estimate of drug-likeness (QED) is 0.889. The standard InChI is InChI=1S/C18H29N5O2/c1-14-12-23(13-15(2)25-14)18(24)20-11-16-4-5-19-17(10-16)22-8-6-21(3)7-9-22/h4-5,10,14-15H,6-9,11-13H2,1-3H3,(H,20,24). The summed E-state index contributed by atoms with van der Waals surface area (Å²) in [5.41, 5.74) is 1.08.